The van der Waals surface area contributed by atoms with Gasteiger partial charge in [0, 0.05) is 16.2 Å². The Morgan fingerprint density at radius 2 is 2.24 bits per heavy atom. The first-order chi connectivity index (χ1) is 8.08. The Labute approximate surface area is 106 Å². The number of thioether (sulfide) groups is 1. The minimum atomic E-state index is 0.124. The van der Waals surface area contributed by atoms with Crippen LogP contribution in [0, 0.1) is 5.92 Å². The molecule has 0 fully saturated rings. The summed E-state index contributed by atoms with van der Waals surface area (Å²) in [6.07, 6.45) is 0. The average molecular weight is 254 g/mol. The van der Waals surface area contributed by atoms with Crippen molar-refractivity contribution < 1.29 is 9.94 Å². The predicted octanol–water partition coefficient (Wildman–Crippen LogP) is 2.54. The van der Waals surface area contributed by atoms with Gasteiger partial charge >= 0.3 is 0 Å². The number of benzene rings is 1. The summed E-state index contributed by atoms with van der Waals surface area (Å²) < 4.78 is 5.17. The average Bonchev–Trinajstić information content (AvgIpc) is 2.34. The van der Waals surface area contributed by atoms with Crippen LogP contribution in [0.3, 0.4) is 0 Å². The quantitative estimate of drug-likeness (QED) is 0.278. The summed E-state index contributed by atoms with van der Waals surface area (Å²) in [7, 11) is 1.62. The van der Waals surface area contributed by atoms with E-state index in [0.717, 1.165) is 22.0 Å². The maximum atomic E-state index is 8.74. The smallest absolute Gasteiger partial charge is 0.171 e. The van der Waals surface area contributed by atoms with E-state index in [1.807, 2.05) is 6.07 Å². The number of rotatable bonds is 5. The normalized spacial score (nSPS) is 11.9. The number of hydrogen-bond donors (Lipinski definition) is 2. The molecule has 0 bridgehead atoms. The van der Waals surface area contributed by atoms with Crippen molar-refractivity contribution >= 4 is 17.6 Å². The van der Waals surface area contributed by atoms with Gasteiger partial charge < -0.3 is 15.7 Å². The van der Waals surface area contributed by atoms with Crippen LogP contribution in [0.2, 0.25) is 0 Å². The molecule has 0 unspecified atom stereocenters. The van der Waals surface area contributed by atoms with Crippen LogP contribution in [0.25, 0.3) is 0 Å². The molecule has 0 aromatic heterocycles. The molecule has 0 spiro atoms. The van der Waals surface area contributed by atoms with E-state index in [1.165, 1.54) is 0 Å². The number of hydrogen-bond acceptors (Lipinski definition) is 4. The summed E-state index contributed by atoms with van der Waals surface area (Å²) in [6.45, 7) is 4.30. The number of ether oxygens (including phenoxy) is 1. The molecular formula is C12H18N2O2S. The molecule has 94 valence electrons. The Kier molecular flexibility index (Phi) is 5.15. The van der Waals surface area contributed by atoms with E-state index in [2.05, 4.69) is 19.0 Å². The van der Waals surface area contributed by atoms with Gasteiger partial charge in [-0.25, -0.2) is 0 Å². The number of nitrogens with two attached hydrogens (primary N) is 1. The van der Waals surface area contributed by atoms with Crippen LogP contribution in [-0.4, -0.2) is 23.9 Å². The molecule has 5 heteroatoms. The molecule has 0 saturated heterocycles. The van der Waals surface area contributed by atoms with Gasteiger partial charge in [0.2, 0.25) is 0 Å². The molecule has 0 aliphatic heterocycles. The van der Waals surface area contributed by atoms with Crippen molar-refractivity contribution in [3.8, 4) is 5.75 Å². The Morgan fingerprint density at radius 3 is 2.76 bits per heavy atom. The first kappa shape index (κ1) is 13.7. The molecule has 0 saturated carbocycles. The molecule has 0 atom stereocenters. The minimum Gasteiger partial charge on any atom is -0.497 e. The summed E-state index contributed by atoms with van der Waals surface area (Å²) in [5.74, 6) is 2.44. The van der Waals surface area contributed by atoms with E-state index in [-0.39, 0.29) is 5.84 Å². The molecule has 0 radical (unpaired) electrons. The van der Waals surface area contributed by atoms with Gasteiger partial charge in [-0.2, -0.15) is 0 Å². The molecule has 1 aromatic carbocycles. The third-order valence-electron chi connectivity index (χ3n) is 2.14. The Hall–Kier alpha value is -1.36. The van der Waals surface area contributed by atoms with Crippen molar-refractivity contribution in [3.05, 3.63) is 23.8 Å². The van der Waals surface area contributed by atoms with Crippen LogP contribution >= 0.6 is 11.8 Å². The summed E-state index contributed by atoms with van der Waals surface area (Å²) in [4.78, 5) is 0.966. The van der Waals surface area contributed by atoms with Gasteiger partial charge in [-0.05, 0) is 24.1 Å². The molecule has 0 heterocycles. The van der Waals surface area contributed by atoms with Crippen molar-refractivity contribution in [2.75, 3.05) is 12.9 Å². The lowest BCUT2D eigenvalue weighted by Crippen LogP contribution is -2.14. The van der Waals surface area contributed by atoms with Gasteiger partial charge in [0.1, 0.15) is 5.75 Å². The molecule has 4 nitrogen and oxygen atoms in total. The lowest BCUT2D eigenvalue weighted by Gasteiger charge is -2.11. The highest BCUT2D eigenvalue weighted by molar-refractivity contribution is 7.99. The second-order valence-corrected chi connectivity index (χ2v) is 5.11. The van der Waals surface area contributed by atoms with Gasteiger partial charge in [-0.15, -0.1) is 11.8 Å². The van der Waals surface area contributed by atoms with E-state index >= 15 is 0 Å². The number of oxime groups is 1. The molecule has 0 aliphatic rings. The van der Waals surface area contributed by atoms with E-state index in [9.17, 15) is 0 Å². The fraction of sp³-hybridized carbons (Fsp3) is 0.417. The van der Waals surface area contributed by atoms with Gasteiger partial charge in [0.15, 0.2) is 5.84 Å². The van der Waals surface area contributed by atoms with Crippen molar-refractivity contribution in [1.29, 1.82) is 0 Å². The van der Waals surface area contributed by atoms with Crippen LogP contribution in [0.5, 0.6) is 5.75 Å². The fourth-order valence-electron chi connectivity index (χ4n) is 1.27. The number of methoxy groups -OCH3 is 1. The second-order valence-electron chi connectivity index (χ2n) is 4.05. The van der Waals surface area contributed by atoms with E-state index < -0.39 is 0 Å². The zero-order valence-electron chi connectivity index (χ0n) is 10.3. The number of nitrogens with zero attached hydrogens (tertiary/aromatic N) is 1. The van der Waals surface area contributed by atoms with Gasteiger partial charge in [-0.3, -0.25) is 0 Å². The first-order valence-electron chi connectivity index (χ1n) is 5.37. The van der Waals surface area contributed by atoms with Gasteiger partial charge in [0.25, 0.3) is 0 Å². The zero-order chi connectivity index (χ0) is 12.8. The standard InChI is InChI=1S/C12H18N2O2S/c1-8(2)7-17-11-6-9(16-3)4-5-10(11)12(13)14-15/h4-6,8,15H,7H2,1-3H3,(H2,13,14). The maximum Gasteiger partial charge on any atom is 0.171 e. The van der Waals surface area contributed by atoms with E-state index in [0.29, 0.717) is 5.92 Å². The maximum absolute atomic E-state index is 8.74. The van der Waals surface area contributed by atoms with Crippen molar-refractivity contribution in [2.24, 2.45) is 16.8 Å². The highest BCUT2D eigenvalue weighted by Gasteiger charge is 2.10. The lowest BCUT2D eigenvalue weighted by molar-refractivity contribution is 0.318. The van der Waals surface area contributed by atoms with Crippen molar-refractivity contribution in [1.82, 2.24) is 0 Å². The van der Waals surface area contributed by atoms with Crippen LogP contribution in [0.1, 0.15) is 19.4 Å². The van der Waals surface area contributed by atoms with Crippen molar-refractivity contribution in [2.45, 2.75) is 18.7 Å². The fourth-order valence-corrected chi connectivity index (χ4v) is 2.31. The van der Waals surface area contributed by atoms with Crippen molar-refractivity contribution in [3.63, 3.8) is 0 Å². The molecule has 0 aliphatic carbocycles. The van der Waals surface area contributed by atoms with Gasteiger partial charge in [-0.1, -0.05) is 19.0 Å². The second kappa shape index (κ2) is 6.39. The summed E-state index contributed by atoms with van der Waals surface area (Å²) >= 11 is 1.68. The molecule has 1 rings (SSSR count). The van der Waals surface area contributed by atoms with Crippen LogP contribution in [0.15, 0.2) is 28.3 Å². The molecular weight excluding hydrogens is 236 g/mol. The molecule has 0 amide bonds. The topological polar surface area (TPSA) is 67.8 Å². The van der Waals surface area contributed by atoms with Crippen LogP contribution in [-0.2, 0) is 0 Å². The highest BCUT2D eigenvalue weighted by atomic mass is 32.2. The Balaban J connectivity index is 3.03. The summed E-state index contributed by atoms with van der Waals surface area (Å²) in [5, 5.41) is 11.8. The van der Waals surface area contributed by atoms with Crippen LogP contribution in [0.4, 0.5) is 0 Å². The summed E-state index contributed by atoms with van der Waals surface area (Å²) in [6, 6.07) is 5.50. The third kappa shape index (κ3) is 3.85. The summed E-state index contributed by atoms with van der Waals surface area (Å²) in [5.41, 5.74) is 6.37. The number of amidine groups is 1. The highest BCUT2D eigenvalue weighted by Crippen LogP contribution is 2.28. The third-order valence-corrected chi connectivity index (χ3v) is 3.63. The van der Waals surface area contributed by atoms with Gasteiger partial charge in [0.05, 0.1) is 7.11 Å². The van der Waals surface area contributed by atoms with Crippen LogP contribution < -0.4 is 10.5 Å². The molecule has 17 heavy (non-hydrogen) atoms. The predicted molar refractivity (Wildman–Crippen MR) is 71.1 cm³/mol. The Morgan fingerprint density at radius 1 is 1.53 bits per heavy atom. The van der Waals surface area contributed by atoms with E-state index in [1.54, 1.807) is 31.0 Å². The molecule has 1 aromatic rings. The largest absolute Gasteiger partial charge is 0.497 e. The molecule has 3 N–H and O–H groups in total. The lowest BCUT2D eigenvalue weighted by atomic mass is 10.2. The SMILES string of the molecule is COc1ccc(/C(N)=N/O)c(SCC(C)C)c1. The first-order valence-corrected chi connectivity index (χ1v) is 6.35. The monoisotopic (exact) mass is 254 g/mol. The zero-order valence-corrected chi connectivity index (χ0v) is 11.1. The van der Waals surface area contributed by atoms with E-state index in [4.69, 9.17) is 15.7 Å². The Bertz CT molecular complexity index is 405. The minimum absolute atomic E-state index is 0.124.